The molecular formula is C14H19ClN4O. The van der Waals surface area contributed by atoms with Gasteiger partial charge in [0, 0.05) is 12.4 Å². The fourth-order valence-electron chi connectivity index (χ4n) is 2.62. The van der Waals surface area contributed by atoms with Gasteiger partial charge in [0.1, 0.15) is 0 Å². The molecule has 0 aliphatic heterocycles. The molecule has 1 aliphatic rings. The Kier molecular flexibility index (Phi) is 4.73. The number of hydrogen-bond donors (Lipinski definition) is 1. The second-order valence-corrected chi connectivity index (χ2v) is 5.24. The maximum Gasteiger partial charge on any atom is 0.259 e. The van der Waals surface area contributed by atoms with Crippen LogP contribution in [0.25, 0.3) is 11.5 Å². The zero-order chi connectivity index (χ0) is 13.1. The average Bonchev–Trinajstić information content (AvgIpc) is 2.85. The number of rotatable bonds is 2. The molecule has 0 unspecified atom stereocenters. The molecule has 0 atom stereocenters. The minimum atomic E-state index is -0.430. The molecule has 3 rings (SSSR count). The van der Waals surface area contributed by atoms with Crippen LogP contribution in [-0.2, 0) is 5.54 Å². The number of hydrogen-bond acceptors (Lipinski definition) is 5. The predicted molar refractivity (Wildman–Crippen MR) is 78.3 cm³/mol. The van der Waals surface area contributed by atoms with Crippen LogP contribution in [0.4, 0.5) is 0 Å². The predicted octanol–water partition coefficient (Wildman–Crippen LogP) is 3.06. The van der Waals surface area contributed by atoms with E-state index < -0.39 is 5.54 Å². The first-order valence-electron chi connectivity index (χ1n) is 6.81. The lowest BCUT2D eigenvalue weighted by Gasteiger charge is -2.23. The fourth-order valence-corrected chi connectivity index (χ4v) is 2.62. The quantitative estimate of drug-likeness (QED) is 0.861. The summed E-state index contributed by atoms with van der Waals surface area (Å²) in [5, 5.41) is 4.09. The standard InChI is InChI=1S/C14H18N4O.ClH/c15-14(7-3-1-2-4-8-14)13-17-12(19-18-13)11-6-5-9-16-10-11;/h5-6,9-10H,1-4,7-8,15H2;1H. The van der Waals surface area contributed by atoms with E-state index in [1.54, 1.807) is 12.4 Å². The maximum atomic E-state index is 6.47. The first-order valence-corrected chi connectivity index (χ1v) is 6.81. The van der Waals surface area contributed by atoms with Gasteiger partial charge in [0.05, 0.1) is 11.1 Å². The molecule has 0 spiro atoms. The van der Waals surface area contributed by atoms with Crippen LogP contribution >= 0.6 is 12.4 Å². The number of halogens is 1. The molecule has 0 aromatic carbocycles. The van der Waals surface area contributed by atoms with Crippen molar-refractivity contribution in [2.75, 3.05) is 0 Å². The van der Waals surface area contributed by atoms with E-state index in [4.69, 9.17) is 10.3 Å². The van der Waals surface area contributed by atoms with Gasteiger partial charge in [0.2, 0.25) is 0 Å². The summed E-state index contributed by atoms with van der Waals surface area (Å²) in [6, 6.07) is 3.75. The highest BCUT2D eigenvalue weighted by atomic mass is 35.5. The Hall–Kier alpha value is -1.46. The van der Waals surface area contributed by atoms with E-state index in [2.05, 4.69) is 15.1 Å². The van der Waals surface area contributed by atoms with Gasteiger partial charge in [0.25, 0.3) is 5.89 Å². The molecule has 0 bridgehead atoms. The van der Waals surface area contributed by atoms with Crippen LogP contribution in [0.2, 0.25) is 0 Å². The van der Waals surface area contributed by atoms with Crippen LogP contribution in [-0.4, -0.2) is 15.1 Å². The second kappa shape index (κ2) is 6.33. The monoisotopic (exact) mass is 294 g/mol. The van der Waals surface area contributed by atoms with Crippen LogP contribution < -0.4 is 5.73 Å². The molecular weight excluding hydrogens is 276 g/mol. The molecule has 2 aromatic rings. The van der Waals surface area contributed by atoms with Gasteiger partial charge in [-0.3, -0.25) is 4.98 Å². The van der Waals surface area contributed by atoms with Crippen LogP contribution in [0.3, 0.4) is 0 Å². The number of nitrogens with two attached hydrogens (primary N) is 1. The van der Waals surface area contributed by atoms with Crippen LogP contribution in [0.1, 0.15) is 44.3 Å². The Bertz CT molecular complexity index is 535. The molecule has 1 saturated carbocycles. The summed E-state index contributed by atoms with van der Waals surface area (Å²) < 4.78 is 5.33. The molecule has 2 aromatic heterocycles. The van der Waals surface area contributed by atoms with Crippen molar-refractivity contribution in [3.05, 3.63) is 30.4 Å². The topological polar surface area (TPSA) is 77.8 Å². The first-order chi connectivity index (χ1) is 9.28. The van der Waals surface area contributed by atoms with Crippen molar-refractivity contribution >= 4 is 12.4 Å². The third-order valence-electron chi connectivity index (χ3n) is 3.78. The molecule has 1 fully saturated rings. The molecule has 1 aliphatic carbocycles. The molecule has 2 N–H and O–H groups in total. The Balaban J connectivity index is 0.00000147. The van der Waals surface area contributed by atoms with Gasteiger partial charge in [-0.2, -0.15) is 4.98 Å². The third-order valence-corrected chi connectivity index (χ3v) is 3.78. The summed E-state index contributed by atoms with van der Waals surface area (Å²) >= 11 is 0. The first kappa shape index (κ1) is 14.9. The SMILES string of the molecule is Cl.NC1(c2noc(-c3cccnc3)n2)CCCCCC1. The van der Waals surface area contributed by atoms with Crippen molar-refractivity contribution in [2.24, 2.45) is 5.73 Å². The lowest BCUT2D eigenvalue weighted by Crippen LogP contribution is -2.37. The zero-order valence-corrected chi connectivity index (χ0v) is 12.1. The summed E-state index contributed by atoms with van der Waals surface area (Å²) in [4.78, 5) is 8.53. The van der Waals surface area contributed by atoms with E-state index in [-0.39, 0.29) is 12.4 Å². The minimum absolute atomic E-state index is 0. The highest BCUT2D eigenvalue weighted by Crippen LogP contribution is 2.32. The zero-order valence-electron chi connectivity index (χ0n) is 11.3. The van der Waals surface area contributed by atoms with Crippen molar-refractivity contribution < 1.29 is 4.52 Å². The highest BCUT2D eigenvalue weighted by molar-refractivity contribution is 5.85. The van der Waals surface area contributed by atoms with Crippen molar-refractivity contribution in [3.8, 4) is 11.5 Å². The molecule has 20 heavy (non-hydrogen) atoms. The Labute approximate surface area is 124 Å². The van der Waals surface area contributed by atoms with E-state index in [0.717, 1.165) is 31.2 Å². The smallest absolute Gasteiger partial charge is 0.259 e. The normalized spacial score (nSPS) is 18.1. The van der Waals surface area contributed by atoms with E-state index in [1.165, 1.54) is 12.8 Å². The summed E-state index contributed by atoms with van der Waals surface area (Å²) in [7, 11) is 0. The lowest BCUT2D eigenvalue weighted by atomic mass is 9.91. The maximum absolute atomic E-state index is 6.47. The number of pyridine rings is 1. The van der Waals surface area contributed by atoms with Gasteiger partial charge < -0.3 is 10.3 Å². The van der Waals surface area contributed by atoms with Gasteiger partial charge in [-0.05, 0) is 25.0 Å². The van der Waals surface area contributed by atoms with Crippen LogP contribution in [0, 0.1) is 0 Å². The minimum Gasteiger partial charge on any atom is -0.334 e. The largest absolute Gasteiger partial charge is 0.334 e. The fraction of sp³-hybridized carbons (Fsp3) is 0.500. The summed E-state index contributed by atoms with van der Waals surface area (Å²) in [6.45, 7) is 0. The third kappa shape index (κ3) is 2.99. The molecule has 108 valence electrons. The van der Waals surface area contributed by atoms with Crippen LogP contribution in [0.15, 0.2) is 29.0 Å². The Morgan fingerprint density at radius 1 is 1.15 bits per heavy atom. The summed E-state index contributed by atoms with van der Waals surface area (Å²) in [5.74, 6) is 1.13. The van der Waals surface area contributed by atoms with Gasteiger partial charge >= 0.3 is 0 Å². The van der Waals surface area contributed by atoms with Crippen molar-refractivity contribution in [1.29, 1.82) is 0 Å². The molecule has 6 heteroatoms. The van der Waals surface area contributed by atoms with Gasteiger partial charge in [0.15, 0.2) is 5.82 Å². The molecule has 5 nitrogen and oxygen atoms in total. The van der Waals surface area contributed by atoms with Crippen molar-refractivity contribution in [3.63, 3.8) is 0 Å². The van der Waals surface area contributed by atoms with Gasteiger partial charge in [-0.25, -0.2) is 0 Å². The highest BCUT2D eigenvalue weighted by Gasteiger charge is 2.33. The van der Waals surface area contributed by atoms with E-state index in [9.17, 15) is 0 Å². The molecule has 0 amide bonds. The Morgan fingerprint density at radius 2 is 1.90 bits per heavy atom. The summed E-state index contributed by atoms with van der Waals surface area (Å²) in [6.07, 6.45) is 10.0. The molecule has 2 heterocycles. The van der Waals surface area contributed by atoms with Crippen molar-refractivity contribution in [2.45, 2.75) is 44.1 Å². The Morgan fingerprint density at radius 3 is 2.55 bits per heavy atom. The van der Waals surface area contributed by atoms with Crippen molar-refractivity contribution in [1.82, 2.24) is 15.1 Å². The van der Waals surface area contributed by atoms with E-state index in [1.807, 2.05) is 12.1 Å². The molecule has 0 saturated heterocycles. The van der Waals surface area contributed by atoms with Gasteiger partial charge in [-0.15, -0.1) is 12.4 Å². The number of nitrogens with zero attached hydrogens (tertiary/aromatic N) is 3. The molecule has 0 radical (unpaired) electrons. The lowest BCUT2D eigenvalue weighted by molar-refractivity contribution is 0.334. The van der Waals surface area contributed by atoms with E-state index in [0.29, 0.717) is 11.7 Å². The number of aromatic nitrogens is 3. The summed E-state index contributed by atoms with van der Waals surface area (Å²) in [5.41, 5.74) is 6.87. The van der Waals surface area contributed by atoms with E-state index >= 15 is 0 Å². The average molecular weight is 295 g/mol. The second-order valence-electron chi connectivity index (χ2n) is 5.24. The van der Waals surface area contributed by atoms with Gasteiger partial charge in [-0.1, -0.05) is 30.8 Å². The van der Waals surface area contributed by atoms with Crippen LogP contribution in [0.5, 0.6) is 0 Å².